The van der Waals surface area contributed by atoms with E-state index >= 15 is 0 Å². The van der Waals surface area contributed by atoms with Gasteiger partial charge in [0, 0.05) is 12.7 Å². The summed E-state index contributed by atoms with van der Waals surface area (Å²) >= 11 is 0. The maximum Gasteiger partial charge on any atom is 0.245 e. The molecule has 2 heterocycles. The number of piperazine rings is 1. The molecule has 0 saturated carbocycles. The number of sulfonamides is 1. The second kappa shape index (κ2) is 5.88. The van der Waals surface area contributed by atoms with E-state index in [0.29, 0.717) is 5.69 Å². The maximum atomic E-state index is 12.6. The van der Waals surface area contributed by atoms with Crippen LogP contribution in [-0.2, 0) is 26.2 Å². The van der Waals surface area contributed by atoms with Gasteiger partial charge in [0.2, 0.25) is 21.8 Å². The average molecular weight is 312 g/mol. The first-order chi connectivity index (χ1) is 9.90. The quantitative estimate of drug-likeness (QED) is 0.685. The molecule has 1 aromatic rings. The highest BCUT2D eigenvalue weighted by Crippen LogP contribution is 2.21. The van der Waals surface area contributed by atoms with Gasteiger partial charge in [0.1, 0.15) is 10.9 Å². The Bertz CT molecular complexity index is 656. The van der Waals surface area contributed by atoms with Crippen molar-refractivity contribution < 1.29 is 18.0 Å². The van der Waals surface area contributed by atoms with E-state index in [1.54, 1.807) is 6.92 Å². The zero-order chi connectivity index (χ0) is 15.6. The van der Waals surface area contributed by atoms with E-state index in [0.717, 1.165) is 4.31 Å². The van der Waals surface area contributed by atoms with Crippen molar-refractivity contribution in [3.05, 3.63) is 24.0 Å². The lowest BCUT2D eigenvalue weighted by molar-refractivity contribution is -0.137. The van der Waals surface area contributed by atoms with Crippen LogP contribution in [0.4, 0.5) is 0 Å². The minimum atomic E-state index is -3.97. The number of carbonyl (C=O) groups excluding carboxylic acids is 2. The second-order valence-corrected chi connectivity index (χ2v) is 6.47. The summed E-state index contributed by atoms with van der Waals surface area (Å²) in [5.74, 6) is -1.25. The molecule has 0 radical (unpaired) electrons. The first kappa shape index (κ1) is 15.5. The Morgan fingerprint density at radius 1 is 1.43 bits per heavy atom. The van der Waals surface area contributed by atoms with E-state index < -0.39 is 27.9 Å². The van der Waals surface area contributed by atoms with Crippen LogP contribution >= 0.6 is 0 Å². The standard InChI is InChI=1S/C12H16N4O4S/c1-2-10-12(18)15-11(17)7-16(10)21(19,20)9-4-3-8(5-13)14-6-9/h3-4,6,10H,2,5,7,13H2,1H3,(H,15,17,18). The third kappa shape index (κ3) is 2.94. The molecule has 1 unspecified atom stereocenters. The number of pyridine rings is 1. The van der Waals surface area contributed by atoms with E-state index in [2.05, 4.69) is 10.3 Å². The van der Waals surface area contributed by atoms with Gasteiger partial charge in [0.15, 0.2) is 0 Å². The number of aromatic nitrogens is 1. The van der Waals surface area contributed by atoms with Gasteiger partial charge in [-0.1, -0.05) is 6.92 Å². The summed E-state index contributed by atoms with van der Waals surface area (Å²) in [4.78, 5) is 27.1. The number of imide groups is 1. The third-order valence-electron chi connectivity index (χ3n) is 3.21. The molecule has 21 heavy (non-hydrogen) atoms. The fourth-order valence-corrected chi connectivity index (χ4v) is 3.67. The summed E-state index contributed by atoms with van der Waals surface area (Å²) in [5, 5.41) is 2.14. The second-order valence-electron chi connectivity index (χ2n) is 4.58. The highest BCUT2D eigenvalue weighted by Gasteiger charge is 2.40. The van der Waals surface area contributed by atoms with Crippen LogP contribution in [0, 0.1) is 0 Å². The normalized spacial score (nSPS) is 20.4. The van der Waals surface area contributed by atoms with Gasteiger partial charge in [-0.15, -0.1) is 0 Å². The van der Waals surface area contributed by atoms with E-state index in [9.17, 15) is 18.0 Å². The zero-order valence-corrected chi connectivity index (χ0v) is 12.3. The number of hydrogen-bond acceptors (Lipinski definition) is 6. The molecule has 9 heteroatoms. The van der Waals surface area contributed by atoms with Crippen LogP contribution in [0.5, 0.6) is 0 Å². The van der Waals surface area contributed by atoms with Gasteiger partial charge in [-0.25, -0.2) is 8.42 Å². The lowest BCUT2D eigenvalue weighted by Crippen LogP contribution is -2.59. The molecule has 8 nitrogen and oxygen atoms in total. The molecule has 1 aliphatic rings. The fourth-order valence-electron chi connectivity index (χ4n) is 2.10. The number of nitrogens with one attached hydrogen (secondary N) is 1. The number of rotatable bonds is 4. The molecule has 0 spiro atoms. The first-order valence-corrected chi connectivity index (χ1v) is 7.84. The Morgan fingerprint density at radius 3 is 2.67 bits per heavy atom. The third-order valence-corrected chi connectivity index (χ3v) is 5.05. The van der Waals surface area contributed by atoms with Crippen molar-refractivity contribution in [2.75, 3.05) is 6.54 Å². The number of nitrogens with zero attached hydrogens (tertiary/aromatic N) is 2. The number of hydrogen-bond donors (Lipinski definition) is 2. The molecular weight excluding hydrogens is 296 g/mol. The van der Waals surface area contributed by atoms with Gasteiger partial charge in [-0.3, -0.25) is 19.9 Å². The van der Waals surface area contributed by atoms with Crippen LogP contribution in [0.15, 0.2) is 23.2 Å². The number of nitrogens with two attached hydrogens (primary N) is 1. The van der Waals surface area contributed by atoms with Crippen LogP contribution in [0.2, 0.25) is 0 Å². The molecule has 1 fully saturated rings. The van der Waals surface area contributed by atoms with E-state index in [4.69, 9.17) is 5.73 Å². The SMILES string of the molecule is CCC1C(=O)NC(=O)CN1S(=O)(=O)c1ccc(CN)nc1. The van der Waals surface area contributed by atoms with E-state index in [1.807, 2.05) is 0 Å². The first-order valence-electron chi connectivity index (χ1n) is 6.40. The van der Waals surface area contributed by atoms with E-state index in [1.165, 1.54) is 18.3 Å². The predicted octanol–water partition coefficient (Wildman–Crippen LogP) is -1.03. The molecule has 2 amide bonds. The highest BCUT2D eigenvalue weighted by molar-refractivity contribution is 7.89. The van der Waals surface area contributed by atoms with Crippen molar-refractivity contribution >= 4 is 21.8 Å². The summed E-state index contributed by atoms with van der Waals surface area (Å²) in [6.45, 7) is 1.49. The summed E-state index contributed by atoms with van der Waals surface area (Å²) in [5.41, 5.74) is 5.96. The molecule has 3 N–H and O–H groups in total. The molecular formula is C12H16N4O4S. The summed E-state index contributed by atoms with van der Waals surface area (Å²) < 4.78 is 26.0. The van der Waals surface area contributed by atoms with Crippen LogP contribution < -0.4 is 11.1 Å². The van der Waals surface area contributed by atoms with Crippen molar-refractivity contribution in [2.24, 2.45) is 5.73 Å². The topological polar surface area (TPSA) is 122 Å². The van der Waals surface area contributed by atoms with Gasteiger partial charge in [0.25, 0.3) is 0 Å². The smallest absolute Gasteiger partial charge is 0.245 e. The Balaban J connectivity index is 2.40. The molecule has 0 aliphatic carbocycles. The van der Waals surface area contributed by atoms with Crippen molar-refractivity contribution in [3.8, 4) is 0 Å². The molecule has 1 aliphatic heterocycles. The zero-order valence-electron chi connectivity index (χ0n) is 11.4. The Kier molecular flexibility index (Phi) is 4.35. The van der Waals surface area contributed by atoms with Crippen LogP contribution in [0.3, 0.4) is 0 Å². The highest BCUT2D eigenvalue weighted by atomic mass is 32.2. The van der Waals surface area contributed by atoms with Gasteiger partial charge < -0.3 is 5.73 Å². The lowest BCUT2D eigenvalue weighted by atomic mass is 10.2. The molecule has 1 saturated heterocycles. The number of carbonyl (C=O) groups is 2. The van der Waals surface area contributed by atoms with Crippen molar-refractivity contribution in [1.29, 1.82) is 0 Å². The summed E-state index contributed by atoms with van der Waals surface area (Å²) in [6, 6.07) is 1.97. The van der Waals surface area contributed by atoms with Gasteiger partial charge in [0.05, 0.1) is 12.2 Å². The molecule has 114 valence electrons. The van der Waals surface area contributed by atoms with Gasteiger partial charge in [-0.05, 0) is 18.6 Å². The molecule has 0 aromatic carbocycles. The molecule has 1 aromatic heterocycles. The number of amides is 2. The van der Waals surface area contributed by atoms with Crippen molar-refractivity contribution in [1.82, 2.24) is 14.6 Å². The van der Waals surface area contributed by atoms with E-state index in [-0.39, 0.29) is 24.4 Å². The Labute approximate surface area is 122 Å². The van der Waals surface area contributed by atoms with Crippen molar-refractivity contribution in [3.63, 3.8) is 0 Å². The predicted molar refractivity (Wildman–Crippen MR) is 73.2 cm³/mol. The summed E-state index contributed by atoms with van der Waals surface area (Å²) in [6.07, 6.45) is 1.45. The largest absolute Gasteiger partial charge is 0.325 e. The fraction of sp³-hybridized carbons (Fsp3) is 0.417. The Morgan fingerprint density at radius 2 is 2.14 bits per heavy atom. The lowest BCUT2D eigenvalue weighted by Gasteiger charge is -2.32. The van der Waals surface area contributed by atoms with Crippen LogP contribution in [0.1, 0.15) is 19.0 Å². The average Bonchev–Trinajstić information content (AvgIpc) is 2.46. The maximum absolute atomic E-state index is 12.6. The van der Waals surface area contributed by atoms with Crippen LogP contribution in [-0.4, -0.2) is 42.1 Å². The monoisotopic (exact) mass is 312 g/mol. The molecule has 2 rings (SSSR count). The minimum absolute atomic E-state index is 0.0688. The summed E-state index contributed by atoms with van der Waals surface area (Å²) in [7, 11) is -3.97. The minimum Gasteiger partial charge on any atom is -0.325 e. The molecule has 0 bridgehead atoms. The van der Waals surface area contributed by atoms with Gasteiger partial charge in [-0.2, -0.15) is 4.31 Å². The Hall–Kier alpha value is -1.84. The van der Waals surface area contributed by atoms with Gasteiger partial charge >= 0.3 is 0 Å². The molecule has 1 atom stereocenters. The van der Waals surface area contributed by atoms with Crippen molar-refractivity contribution in [2.45, 2.75) is 30.8 Å². The van der Waals surface area contributed by atoms with Crippen LogP contribution in [0.25, 0.3) is 0 Å².